The van der Waals surface area contributed by atoms with Crippen LogP contribution in [0.3, 0.4) is 0 Å². The second-order valence-electron chi connectivity index (χ2n) is 6.39. The number of pyridine rings is 1. The highest BCUT2D eigenvalue weighted by Crippen LogP contribution is 2.39. The Labute approximate surface area is 141 Å². The number of carbonyl (C=O) groups excluding carboxylic acids is 1. The normalized spacial score (nSPS) is 16.4. The maximum absolute atomic E-state index is 12.1. The van der Waals surface area contributed by atoms with Crippen molar-refractivity contribution < 1.29 is 4.79 Å². The molecule has 1 saturated carbocycles. The molecule has 1 aliphatic carbocycles. The fraction of sp³-hybridized carbons (Fsp3) is 0.444. The molecule has 0 radical (unpaired) electrons. The molecular weight excluding hydrogens is 302 g/mol. The molecule has 0 saturated heterocycles. The zero-order valence-electron chi connectivity index (χ0n) is 13.6. The number of aryl methyl sites for hydroxylation is 1. The van der Waals surface area contributed by atoms with Gasteiger partial charge in [0.05, 0.1) is 0 Å². The van der Waals surface area contributed by atoms with Gasteiger partial charge in [0.1, 0.15) is 17.3 Å². The van der Waals surface area contributed by atoms with E-state index in [-0.39, 0.29) is 5.91 Å². The van der Waals surface area contributed by atoms with Crippen LogP contribution in [-0.2, 0) is 12.8 Å². The highest BCUT2D eigenvalue weighted by molar-refractivity contribution is 5.96. The largest absolute Gasteiger partial charge is 0.370 e. The summed E-state index contributed by atoms with van der Waals surface area (Å²) in [5.74, 6) is 2.02. The number of amides is 1. The number of anilines is 1. The van der Waals surface area contributed by atoms with Gasteiger partial charge >= 0.3 is 0 Å². The lowest BCUT2D eigenvalue weighted by Crippen LogP contribution is -2.34. The molecule has 0 bridgehead atoms. The number of nitrogens with zero attached hydrogens (tertiary/aromatic N) is 3. The summed E-state index contributed by atoms with van der Waals surface area (Å²) in [7, 11) is 0. The van der Waals surface area contributed by atoms with Crippen LogP contribution in [0.5, 0.6) is 0 Å². The molecular formula is C18H21N5O. The van der Waals surface area contributed by atoms with Gasteiger partial charge in [0, 0.05) is 36.5 Å². The average Bonchev–Trinajstić information content (AvgIpc) is 3.45. The van der Waals surface area contributed by atoms with Crippen molar-refractivity contribution in [2.45, 2.75) is 38.0 Å². The van der Waals surface area contributed by atoms with Crippen LogP contribution in [-0.4, -0.2) is 33.9 Å². The number of rotatable bonds is 6. The van der Waals surface area contributed by atoms with Gasteiger partial charge in [0.25, 0.3) is 5.91 Å². The summed E-state index contributed by atoms with van der Waals surface area (Å²) in [6.07, 6.45) is 6.76. The van der Waals surface area contributed by atoms with Crippen molar-refractivity contribution in [2.75, 3.05) is 18.4 Å². The van der Waals surface area contributed by atoms with Gasteiger partial charge in [0.2, 0.25) is 0 Å². The number of fused-ring (bicyclic) bond motifs is 1. The zero-order chi connectivity index (χ0) is 16.4. The van der Waals surface area contributed by atoms with Crippen molar-refractivity contribution in [3.8, 4) is 0 Å². The third kappa shape index (κ3) is 3.22. The highest BCUT2D eigenvalue weighted by Gasteiger charge is 2.31. The van der Waals surface area contributed by atoms with Gasteiger partial charge in [-0.3, -0.25) is 9.78 Å². The van der Waals surface area contributed by atoms with Gasteiger partial charge in [0.15, 0.2) is 0 Å². The molecule has 6 heteroatoms. The summed E-state index contributed by atoms with van der Waals surface area (Å²) in [6, 6.07) is 5.98. The predicted molar refractivity (Wildman–Crippen MR) is 91.1 cm³/mol. The van der Waals surface area contributed by atoms with E-state index in [0.29, 0.717) is 18.2 Å². The molecule has 1 amide bonds. The van der Waals surface area contributed by atoms with E-state index in [4.69, 9.17) is 4.98 Å². The Bertz CT molecular complexity index is 743. The van der Waals surface area contributed by atoms with Crippen LogP contribution in [0.25, 0.3) is 0 Å². The van der Waals surface area contributed by atoms with Gasteiger partial charge < -0.3 is 10.6 Å². The third-order valence-corrected chi connectivity index (χ3v) is 4.47. The maximum Gasteiger partial charge on any atom is 0.270 e. The first kappa shape index (κ1) is 15.1. The number of nitrogens with one attached hydrogen (secondary N) is 2. The Morgan fingerprint density at radius 3 is 2.96 bits per heavy atom. The van der Waals surface area contributed by atoms with E-state index in [1.54, 1.807) is 0 Å². The van der Waals surface area contributed by atoms with Crippen LogP contribution >= 0.6 is 0 Å². The van der Waals surface area contributed by atoms with E-state index in [2.05, 4.69) is 20.6 Å². The minimum atomic E-state index is -0.0721. The first-order valence-electron chi connectivity index (χ1n) is 8.64. The molecule has 0 aromatic carbocycles. The lowest BCUT2D eigenvalue weighted by atomic mass is 10.1. The number of aromatic nitrogens is 3. The molecule has 1 aliphatic heterocycles. The number of hydrogen-bond acceptors (Lipinski definition) is 5. The van der Waals surface area contributed by atoms with E-state index < -0.39 is 0 Å². The summed E-state index contributed by atoms with van der Waals surface area (Å²) in [5.41, 5.74) is 2.62. The topological polar surface area (TPSA) is 79.8 Å². The van der Waals surface area contributed by atoms with E-state index in [1.165, 1.54) is 0 Å². The van der Waals surface area contributed by atoms with E-state index in [9.17, 15) is 4.79 Å². The van der Waals surface area contributed by atoms with Crippen LogP contribution in [0.15, 0.2) is 24.4 Å². The first-order valence-corrected chi connectivity index (χ1v) is 8.64. The van der Waals surface area contributed by atoms with Crippen LogP contribution in [0.4, 0.5) is 5.82 Å². The van der Waals surface area contributed by atoms with E-state index in [1.807, 2.05) is 24.4 Å². The van der Waals surface area contributed by atoms with Crippen LogP contribution < -0.4 is 10.6 Å². The van der Waals surface area contributed by atoms with E-state index >= 15 is 0 Å². The van der Waals surface area contributed by atoms with Crippen LogP contribution in [0.2, 0.25) is 0 Å². The third-order valence-electron chi connectivity index (χ3n) is 4.47. The van der Waals surface area contributed by atoms with E-state index in [0.717, 1.165) is 61.5 Å². The number of carbonyl (C=O) groups is 1. The van der Waals surface area contributed by atoms with Gasteiger partial charge in [-0.1, -0.05) is 6.07 Å². The molecule has 1 fully saturated rings. The van der Waals surface area contributed by atoms with Crippen LogP contribution in [0, 0.1) is 0 Å². The lowest BCUT2D eigenvalue weighted by Gasteiger charge is -2.20. The SMILES string of the molecule is O=C1NCCc2c(NCCCc3ccccn3)nc(C3CC3)nc21. The predicted octanol–water partition coefficient (Wildman–Crippen LogP) is 2.08. The Hall–Kier alpha value is -2.50. The van der Waals surface area contributed by atoms with Gasteiger partial charge in [-0.2, -0.15) is 0 Å². The maximum atomic E-state index is 12.1. The smallest absolute Gasteiger partial charge is 0.270 e. The second-order valence-corrected chi connectivity index (χ2v) is 6.39. The molecule has 4 rings (SSSR count). The second kappa shape index (κ2) is 6.55. The van der Waals surface area contributed by atoms with Gasteiger partial charge in [-0.05, 0) is 44.2 Å². The fourth-order valence-corrected chi connectivity index (χ4v) is 3.00. The summed E-state index contributed by atoms with van der Waals surface area (Å²) < 4.78 is 0. The Morgan fingerprint density at radius 1 is 1.25 bits per heavy atom. The number of hydrogen-bond donors (Lipinski definition) is 2. The zero-order valence-corrected chi connectivity index (χ0v) is 13.6. The molecule has 2 aromatic rings. The monoisotopic (exact) mass is 323 g/mol. The molecule has 0 spiro atoms. The molecule has 0 unspecified atom stereocenters. The fourth-order valence-electron chi connectivity index (χ4n) is 3.00. The Kier molecular flexibility index (Phi) is 4.11. The molecule has 124 valence electrons. The molecule has 2 aliphatic rings. The standard InChI is InChI=1S/C18H21N5O/c24-18-15-14(8-11-21-18)17(23-16(22-15)12-6-7-12)20-10-3-5-13-4-1-2-9-19-13/h1-2,4,9,12H,3,5-8,10-11H2,(H,21,24)(H,20,22,23). The Morgan fingerprint density at radius 2 is 2.17 bits per heavy atom. The van der Waals surface area contributed by atoms with Gasteiger partial charge in [-0.25, -0.2) is 9.97 Å². The lowest BCUT2D eigenvalue weighted by molar-refractivity contribution is 0.0940. The summed E-state index contributed by atoms with van der Waals surface area (Å²) in [4.78, 5) is 25.7. The summed E-state index contributed by atoms with van der Waals surface area (Å²) in [6.45, 7) is 1.46. The quantitative estimate of drug-likeness (QED) is 0.796. The summed E-state index contributed by atoms with van der Waals surface area (Å²) in [5, 5.41) is 6.30. The molecule has 2 N–H and O–H groups in total. The van der Waals surface area contributed by atoms with Crippen molar-refractivity contribution in [1.82, 2.24) is 20.3 Å². The van der Waals surface area contributed by atoms with Crippen LogP contribution in [0.1, 0.15) is 52.8 Å². The molecule has 24 heavy (non-hydrogen) atoms. The van der Waals surface area contributed by atoms with Gasteiger partial charge in [-0.15, -0.1) is 0 Å². The van der Waals surface area contributed by atoms with Crippen molar-refractivity contribution in [2.24, 2.45) is 0 Å². The molecule has 2 aromatic heterocycles. The van der Waals surface area contributed by atoms with Crippen molar-refractivity contribution in [1.29, 1.82) is 0 Å². The molecule has 0 atom stereocenters. The average molecular weight is 323 g/mol. The van der Waals surface area contributed by atoms with Crippen molar-refractivity contribution >= 4 is 11.7 Å². The summed E-state index contributed by atoms with van der Waals surface area (Å²) >= 11 is 0. The Balaban J connectivity index is 1.46. The first-order chi connectivity index (χ1) is 11.8. The minimum Gasteiger partial charge on any atom is -0.370 e. The molecule has 6 nitrogen and oxygen atoms in total. The minimum absolute atomic E-state index is 0.0721. The molecule has 3 heterocycles. The van der Waals surface area contributed by atoms with Crippen molar-refractivity contribution in [3.63, 3.8) is 0 Å². The van der Waals surface area contributed by atoms with Crippen molar-refractivity contribution in [3.05, 3.63) is 47.2 Å². The highest BCUT2D eigenvalue weighted by atomic mass is 16.1.